The van der Waals surface area contributed by atoms with Gasteiger partial charge in [-0.05, 0) is 12.8 Å². The molecule has 0 saturated carbocycles. The first kappa shape index (κ1) is 32.6. The van der Waals surface area contributed by atoms with Crippen molar-refractivity contribution in [2.75, 3.05) is 12.9 Å². The molecule has 2 atom stereocenters. The lowest BCUT2D eigenvalue weighted by Crippen LogP contribution is -2.48. The van der Waals surface area contributed by atoms with Crippen molar-refractivity contribution in [2.24, 2.45) is 0 Å². The molecule has 0 radical (unpaired) electrons. The number of ether oxygens (including phenoxy) is 1. The zero-order valence-corrected chi connectivity index (χ0v) is 22.1. The Hall–Kier alpha value is -1.36. The Morgan fingerprint density at radius 2 is 1.41 bits per heavy atom. The normalized spacial score (nSPS) is 13.0. The van der Waals surface area contributed by atoms with Crippen molar-refractivity contribution in [2.45, 2.75) is 128 Å². The number of carbonyl (C=O) groups excluding carboxylic acids is 2. The van der Waals surface area contributed by atoms with Crippen LogP contribution in [0.1, 0.15) is 110 Å². The number of esters is 1. The van der Waals surface area contributed by atoms with Crippen molar-refractivity contribution >= 4 is 23.6 Å². The molecule has 1 N–H and O–H groups in total. The second-order valence-electron chi connectivity index (χ2n) is 8.62. The summed E-state index contributed by atoms with van der Waals surface area (Å²) in [6.45, 7) is 4.32. The molecule has 2 unspecified atom stereocenters. The lowest BCUT2D eigenvalue weighted by molar-refractivity contribution is -0.175. The maximum atomic E-state index is 12.6. The van der Waals surface area contributed by atoms with Gasteiger partial charge in [0, 0.05) is 12.2 Å². The molecule has 0 aliphatic carbocycles. The number of thioether (sulfide) groups is 1. The Morgan fingerprint density at radius 3 is 1.94 bits per heavy atom. The molecular weight excluding hydrogens is 463 g/mol. The first-order valence-corrected chi connectivity index (χ1v) is 13.9. The van der Waals surface area contributed by atoms with Gasteiger partial charge in [0.1, 0.15) is 6.04 Å². The average Bonchev–Trinajstić information content (AvgIpc) is 2.80. The van der Waals surface area contributed by atoms with Gasteiger partial charge in [-0.25, -0.2) is 4.79 Å². The largest absolute Gasteiger partial charge is 0.471 e. The number of methoxy groups -OCH3 is 1. The fraction of sp³-hybridized carbons (Fsp3) is 0.846. The molecule has 0 heterocycles. The zero-order chi connectivity index (χ0) is 25.7. The van der Waals surface area contributed by atoms with Gasteiger partial charge in [0.25, 0.3) is 0 Å². The number of amides is 1. The number of unbranched alkanes of at least 4 members (excludes halogenated alkanes) is 12. The molecule has 0 aromatic carbocycles. The van der Waals surface area contributed by atoms with Crippen LogP contribution in [0.4, 0.5) is 13.2 Å². The molecule has 0 rings (SSSR count). The van der Waals surface area contributed by atoms with E-state index in [0.717, 1.165) is 52.1 Å². The average molecular weight is 508 g/mol. The molecule has 0 aliphatic rings. The highest BCUT2D eigenvalue weighted by molar-refractivity contribution is 8.00. The summed E-state index contributed by atoms with van der Waals surface area (Å²) in [5.41, 5.74) is 0. The predicted octanol–water partition coefficient (Wildman–Crippen LogP) is 7.20. The molecule has 0 bridgehead atoms. The molecule has 1 amide bonds. The van der Waals surface area contributed by atoms with Crippen LogP contribution in [0.25, 0.3) is 0 Å². The van der Waals surface area contributed by atoms with Gasteiger partial charge < -0.3 is 10.1 Å². The summed E-state index contributed by atoms with van der Waals surface area (Å²) in [7, 11) is 1.09. The maximum Gasteiger partial charge on any atom is 0.471 e. The Bertz CT molecular complexity index is 602. The van der Waals surface area contributed by atoms with Gasteiger partial charge in [-0.1, -0.05) is 96.8 Å². The minimum Gasteiger partial charge on any atom is -0.467 e. The van der Waals surface area contributed by atoms with Gasteiger partial charge in [0.2, 0.25) is 0 Å². The smallest absolute Gasteiger partial charge is 0.467 e. The summed E-state index contributed by atoms with van der Waals surface area (Å²) in [4.78, 5) is 23.1. The quantitative estimate of drug-likeness (QED) is 0.114. The number of nitrogens with one attached hydrogen (secondary N) is 1. The zero-order valence-electron chi connectivity index (χ0n) is 21.2. The molecule has 0 fully saturated rings. The van der Waals surface area contributed by atoms with Crippen molar-refractivity contribution in [3.8, 4) is 11.8 Å². The molecule has 0 spiro atoms. The van der Waals surface area contributed by atoms with E-state index < -0.39 is 24.1 Å². The first-order chi connectivity index (χ1) is 16.3. The third-order valence-electron chi connectivity index (χ3n) is 5.50. The fourth-order valence-electron chi connectivity index (χ4n) is 3.43. The van der Waals surface area contributed by atoms with Crippen LogP contribution in [0.3, 0.4) is 0 Å². The van der Waals surface area contributed by atoms with Crippen LogP contribution in [-0.4, -0.2) is 42.2 Å². The summed E-state index contributed by atoms with van der Waals surface area (Å²) in [6, 6.07) is -1.36. The first-order valence-electron chi connectivity index (χ1n) is 12.8. The highest BCUT2D eigenvalue weighted by atomic mass is 32.2. The highest BCUT2D eigenvalue weighted by Gasteiger charge is 2.41. The van der Waals surface area contributed by atoms with Gasteiger partial charge in [0.15, 0.2) is 0 Å². The van der Waals surface area contributed by atoms with E-state index >= 15 is 0 Å². The predicted molar refractivity (Wildman–Crippen MR) is 135 cm³/mol. The number of halogens is 3. The minimum atomic E-state index is -5.05. The molecule has 0 aromatic rings. The number of hydrogen-bond donors (Lipinski definition) is 1. The van der Waals surface area contributed by atoms with E-state index in [1.807, 2.05) is 0 Å². The summed E-state index contributed by atoms with van der Waals surface area (Å²) >= 11 is 1.30. The van der Waals surface area contributed by atoms with E-state index in [1.165, 1.54) is 63.1 Å². The van der Waals surface area contributed by atoms with Gasteiger partial charge in [-0.2, -0.15) is 13.2 Å². The molecule has 34 heavy (non-hydrogen) atoms. The molecule has 0 saturated heterocycles. The Kier molecular flexibility index (Phi) is 20.1. The van der Waals surface area contributed by atoms with Crippen LogP contribution in [-0.2, 0) is 14.3 Å². The second-order valence-corrected chi connectivity index (χ2v) is 9.85. The Labute approximate surface area is 208 Å². The van der Waals surface area contributed by atoms with E-state index in [4.69, 9.17) is 0 Å². The van der Waals surface area contributed by atoms with Gasteiger partial charge in [-0.3, -0.25) is 4.79 Å². The van der Waals surface area contributed by atoms with E-state index in [0.29, 0.717) is 0 Å². The summed E-state index contributed by atoms with van der Waals surface area (Å²) < 4.78 is 42.3. The monoisotopic (exact) mass is 507 g/mol. The van der Waals surface area contributed by atoms with E-state index in [2.05, 4.69) is 30.4 Å². The number of alkyl halides is 3. The number of hydrogen-bond acceptors (Lipinski definition) is 4. The van der Waals surface area contributed by atoms with Gasteiger partial charge in [-0.15, -0.1) is 17.7 Å². The van der Waals surface area contributed by atoms with Gasteiger partial charge in [0.05, 0.1) is 12.4 Å². The Morgan fingerprint density at radius 1 is 0.882 bits per heavy atom. The number of carbonyl (C=O) groups is 2. The molecular formula is C26H44F3NO3S. The lowest BCUT2D eigenvalue weighted by atomic mass is 10.1. The lowest BCUT2D eigenvalue weighted by Gasteiger charge is -2.19. The van der Waals surface area contributed by atoms with Crippen molar-refractivity contribution in [1.82, 2.24) is 5.32 Å². The van der Waals surface area contributed by atoms with Crippen molar-refractivity contribution < 1.29 is 27.5 Å². The van der Waals surface area contributed by atoms with Crippen LogP contribution in [0.5, 0.6) is 0 Å². The van der Waals surface area contributed by atoms with Crippen LogP contribution in [0.2, 0.25) is 0 Å². The van der Waals surface area contributed by atoms with E-state index in [9.17, 15) is 22.8 Å². The molecule has 4 nitrogen and oxygen atoms in total. The SMILES string of the molecule is CCCCCCCCCCCCC#CC(CCCCC)SCC(NC(=O)C(F)(F)F)C(=O)OC. The summed E-state index contributed by atoms with van der Waals surface area (Å²) in [5, 5.41) is 1.64. The fourth-order valence-corrected chi connectivity index (χ4v) is 4.57. The highest BCUT2D eigenvalue weighted by Crippen LogP contribution is 2.21. The Balaban J connectivity index is 4.49. The summed E-state index contributed by atoms with van der Waals surface area (Å²) in [6.07, 6.45) is 12.2. The van der Waals surface area contributed by atoms with E-state index in [-0.39, 0.29) is 11.0 Å². The second kappa shape index (κ2) is 21.0. The maximum absolute atomic E-state index is 12.6. The molecule has 198 valence electrons. The van der Waals surface area contributed by atoms with Gasteiger partial charge >= 0.3 is 18.1 Å². The summed E-state index contributed by atoms with van der Waals surface area (Å²) in [5.74, 6) is 3.40. The van der Waals surface area contributed by atoms with Crippen molar-refractivity contribution in [3.63, 3.8) is 0 Å². The molecule has 0 aromatic heterocycles. The molecule has 0 aliphatic heterocycles. The van der Waals surface area contributed by atoms with Crippen molar-refractivity contribution in [3.05, 3.63) is 0 Å². The number of rotatable bonds is 19. The van der Waals surface area contributed by atoms with Crippen LogP contribution >= 0.6 is 11.8 Å². The third-order valence-corrected chi connectivity index (χ3v) is 6.78. The topological polar surface area (TPSA) is 55.4 Å². The molecule has 8 heteroatoms. The standard InChI is InChI=1S/C26H44F3NO3S/c1-4-6-8-9-10-11-12-13-14-15-16-18-20-22(19-17-7-5-2)34-21-23(24(31)33-3)30-25(32)26(27,28)29/h22-23H,4-17,19,21H2,1-3H3,(H,30,32). The van der Waals surface area contributed by atoms with Crippen LogP contribution < -0.4 is 5.32 Å². The minimum absolute atomic E-state index is 0.0157. The van der Waals surface area contributed by atoms with Crippen LogP contribution in [0, 0.1) is 11.8 Å². The third kappa shape index (κ3) is 18.0. The van der Waals surface area contributed by atoms with E-state index in [1.54, 1.807) is 5.32 Å². The van der Waals surface area contributed by atoms with Crippen molar-refractivity contribution in [1.29, 1.82) is 0 Å². The van der Waals surface area contributed by atoms with Crippen LogP contribution in [0.15, 0.2) is 0 Å².